The lowest BCUT2D eigenvalue weighted by atomic mass is 10.5. The summed E-state index contributed by atoms with van der Waals surface area (Å²) in [5.74, 6) is 0.701. The molecule has 1 aromatic heterocycles. The second-order valence-corrected chi connectivity index (χ2v) is 1.54. The number of hydrogen-bond acceptors (Lipinski definition) is 1. The van der Waals surface area contributed by atoms with Crippen molar-refractivity contribution in [1.82, 2.24) is 0 Å². The first kappa shape index (κ1) is 5.75. The van der Waals surface area contributed by atoms with Gasteiger partial charge in [-0.15, -0.1) is 0 Å². The molecule has 0 aliphatic heterocycles. The average Bonchev–Trinajstić information content (AvgIpc) is 1.91. The van der Waals surface area contributed by atoms with Crippen LogP contribution in [0.15, 0.2) is 24.4 Å². The number of nitrogens with one attached hydrogen (secondary N) is 2. The second-order valence-electron chi connectivity index (χ2n) is 1.54. The number of amides is 1. The van der Waals surface area contributed by atoms with Crippen molar-refractivity contribution < 1.29 is 9.78 Å². The van der Waals surface area contributed by atoms with E-state index in [2.05, 4.69) is 10.3 Å². The summed E-state index contributed by atoms with van der Waals surface area (Å²) in [7, 11) is 0. The Morgan fingerprint density at radius 1 is 1.56 bits per heavy atom. The van der Waals surface area contributed by atoms with Gasteiger partial charge in [-0.3, -0.25) is 4.79 Å². The van der Waals surface area contributed by atoms with Crippen molar-refractivity contribution in [2.45, 2.75) is 0 Å². The van der Waals surface area contributed by atoms with Gasteiger partial charge in [0.2, 0.25) is 0 Å². The van der Waals surface area contributed by atoms with Gasteiger partial charge in [-0.1, -0.05) is 6.07 Å². The molecule has 2 N–H and O–H groups in total. The zero-order valence-corrected chi connectivity index (χ0v) is 4.79. The van der Waals surface area contributed by atoms with Gasteiger partial charge in [0, 0.05) is 6.07 Å². The SMILES string of the molecule is O=CNc1cccc[nH+]1. The van der Waals surface area contributed by atoms with Crippen molar-refractivity contribution in [3.8, 4) is 0 Å². The van der Waals surface area contributed by atoms with E-state index >= 15 is 0 Å². The van der Waals surface area contributed by atoms with Gasteiger partial charge in [0.15, 0.2) is 0 Å². The molecule has 0 saturated carbocycles. The van der Waals surface area contributed by atoms with Crippen molar-refractivity contribution in [3.05, 3.63) is 24.4 Å². The minimum atomic E-state index is 0.631. The Morgan fingerprint density at radius 2 is 2.44 bits per heavy atom. The van der Waals surface area contributed by atoms with Crippen molar-refractivity contribution in [2.75, 3.05) is 5.32 Å². The van der Waals surface area contributed by atoms with Gasteiger partial charge in [0.25, 0.3) is 12.2 Å². The highest BCUT2D eigenvalue weighted by Crippen LogP contribution is 1.90. The number of aromatic amines is 1. The van der Waals surface area contributed by atoms with Gasteiger partial charge in [-0.05, 0) is 6.07 Å². The molecule has 0 saturated heterocycles. The molecule has 0 radical (unpaired) electrons. The van der Waals surface area contributed by atoms with Crippen molar-refractivity contribution >= 4 is 12.2 Å². The van der Waals surface area contributed by atoms with Crippen LogP contribution in [0, 0.1) is 0 Å². The summed E-state index contributed by atoms with van der Waals surface area (Å²) in [6.07, 6.45) is 2.37. The first-order chi connectivity index (χ1) is 4.43. The number of carbonyl (C=O) groups is 1. The minimum absolute atomic E-state index is 0.631. The highest BCUT2D eigenvalue weighted by molar-refractivity contribution is 5.66. The van der Waals surface area contributed by atoms with Gasteiger partial charge in [-0.25, -0.2) is 10.3 Å². The molecule has 1 heterocycles. The Kier molecular flexibility index (Phi) is 1.80. The third-order valence-corrected chi connectivity index (χ3v) is 0.923. The highest BCUT2D eigenvalue weighted by atomic mass is 16.1. The predicted octanol–water partition coefficient (Wildman–Crippen LogP) is 0.0690. The monoisotopic (exact) mass is 123 g/mol. The largest absolute Gasteiger partial charge is 0.295 e. The molecule has 0 bridgehead atoms. The maximum absolute atomic E-state index is 9.84. The number of H-pyrrole nitrogens is 1. The molecule has 9 heavy (non-hydrogen) atoms. The standard InChI is InChI=1S/C6H6N2O/c9-5-8-6-3-1-2-4-7-6/h1-5H,(H,7,8,9)/p+1. The predicted molar refractivity (Wildman–Crippen MR) is 32.7 cm³/mol. The Balaban J connectivity index is 2.72. The van der Waals surface area contributed by atoms with Crippen LogP contribution in [0.5, 0.6) is 0 Å². The number of rotatable bonds is 2. The molecule has 1 rings (SSSR count). The zero-order chi connectivity index (χ0) is 6.53. The molecular weight excluding hydrogens is 116 g/mol. The number of hydrogen-bond donors (Lipinski definition) is 1. The first-order valence-electron chi connectivity index (χ1n) is 2.60. The summed E-state index contributed by atoms with van der Waals surface area (Å²) in [6, 6.07) is 5.45. The first-order valence-corrected chi connectivity index (χ1v) is 2.60. The number of carbonyl (C=O) groups excluding carboxylic acids is 1. The molecule has 0 unspecified atom stereocenters. The lowest BCUT2D eigenvalue weighted by molar-refractivity contribution is -0.360. The smallest absolute Gasteiger partial charge is 0.251 e. The maximum atomic E-state index is 9.84. The summed E-state index contributed by atoms with van der Waals surface area (Å²) < 4.78 is 0. The Bertz CT molecular complexity index is 186. The van der Waals surface area contributed by atoms with Gasteiger partial charge in [0.05, 0.1) is 6.20 Å². The molecule has 0 aromatic carbocycles. The molecule has 0 aliphatic carbocycles. The quantitative estimate of drug-likeness (QED) is 0.555. The maximum Gasteiger partial charge on any atom is 0.295 e. The van der Waals surface area contributed by atoms with Gasteiger partial charge >= 0.3 is 0 Å². The fraction of sp³-hybridized carbons (Fsp3) is 0. The summed E-state index contributed by atoms with van der Waals surface area (Å²) in [4.78, 5) is 12.7. The average molecular weight is 123 g/mol. The van der Waals surface area contributed by atoms with E-state index in [1.54, 1.807) is 12.3 Å². The molecule has 1 amide bonds. The van der Waals surface area contributed by atoms with Crippen molar-refractivity contribution in [1.29, 1.82) is 0 Å². The summed E-state index contributed by atoms with van der Waals surface area (Å²) in [6.45, 7) is 0. The van der Waals surface area contributed by atoms with Crippen LogP contribution in [0.3, 0.4) is 0 Å². The van der Waals surface area contributed by atoms with Crippen LogP contribution >= 0.6 is 0 Å². The third-order valence-electron chi connectivity index (χ3n) is 0.923. The van der Waals surface area contributed by atoms with E-state index in [0.29, 0.717) is 12.2 Å². The van der Waals surface area contributed by atoms with Crippen LogP contribution in [0.25, 0.3) is 0 Å². The molecule has 0 aliphatic rings. The number of aromatic nitrogens is 1. The summed E-state index contributed by atoms with van der Waals surface area (Å²) >= 11 is 0. The summed E-state index contributed by atoms with van der Waals surface area (Å²) in [5.41, 5.74) is 0. The lowest BCUT2D eigenvalue weighted by Gasteiger charge is -1.84. The van der Waals surface area contributed by atoms with Crippen LogP contribution in [0.2, 0.25) is 0 Å². The number of anilines is 1. The Hall–Kier alpha value is -1.38. The van der Waals surface area contributed by atoms with E-state index in [9.17, 15) is 4.79 Å². The van der Waals surface area contributed by atoms with E-state index in [4.69, 9.17) is 0 Å². The van der Waals surface area contributed by atoms with Crippen LogP contribution in [0.1, 0.15) is 0 Å². The molecule has 1 aromatic rings. The molecule has 3 nitrogen and oxygen atoms in total. The highest BCUT2D eigenvalue weighted by Gasteiger charge is 1.91. The normalized spacial score (nSPS) is 8.44. The minimum Gasteiger partial charge on any atom is -0.251 e. The van der Waals surface area contributed by atoms with E-state index in [-0.39, 0.29) is 0 Å². The molecule has 3 heteroatoms. The topological polar surface area (TPSA) is 43.2 Å². The van der Waals surface area contributed by atoms with Crippen LogP contribution in [0.4, 0.5) is 5.82 Å². The molecule has 0 fully saturated rings. The van der Waals surface area contributed by atoms with Crippen molar-refractivity contribution in [3.63, 3.8) is 0 Å². The van der Waals surface area contributed by atoms with E-state index < -0.39 is 0 Å². The van der Waals surface area contributed by atoms with E-state index in [1.807, 2.05) is 12.1 Å². The fourth-order valence-corrected chi connectivity index (χ4v) is 0.547. The van der Waals surface area contributed by atoms with Gasteiger partial charge in [-0.2, -0.15) is 0 Å². The van der Waals surface area contributed by atoms with Crippen LogP contribution in [-0.2, 0) is 4.79 Å². The molecular formula is C6H7N2O+. The van der Waals surface area contributed by atoms with Crippen LogP contribution < -0.4 is 10.3 Å². The summed E-state index contributed by atoms with van der Waals surface area (Å²) in [5, 5.41) is 2.47. The molecule has 46 valence electrons. The molecule has 0 spiro atoms. The van der Waals surface area contributed by atoms with Gasteiger partial charge < -0.3 is 0 Å². The molecule has 0 atom stereocenters. The van der Waals surface area contributed by atoms with E-state index in [1.165, 1.54) is 0 Å². The fourth-order valence-electron chi connectivity index (χ4n) is 0.547. The number of pyridine rings is 1. The Morgan fingerprint density at radius 3 is 3.00 bits per heavy atom. The second kappa shape index (κ2) is 2.81. The van der Waals surface area contributed by atoms with Crippen molar-refractivity contribution in [2.24, 2.45) is 0 Å². The van der Waals surface area contributed by atoms with Gasteiger partial charge in [0.1, 0.15) is 0 Å². The Labute approximate surface area is 52.7 Å². The van der Waals surface area contributed by atoms with E-state index in [0.717, 1.165) is 0 Å². The van der Waals surface area contributed by atoms with Crippen LogP contribution in [-0.4, -0.2) is 6.41 Å². The zero-order valence-electron chi connectivity index (χ0n) is 4.79. The third kappa shape index (κ3) is 1.53. The lowest BCUT2D eigenvalue weighted by Crippen LogP contribution is -2.09.